The number of ether oxygens (including phenoxy) is 1. The maximum absolute atomic E-state index is 13.2. The molecule has 7 heteroatoms. The number of aromatic nitrogens is 1. The van der Waals surface area contributed by atoms with Crippen molar-refractivity contribution < 1.29 is 18.3 Å². The second kappa shape index (κ2) is 6.04. The Morgan fingerprint density at radius 3 is 2.54 bits per heavy atom. The van der Waals surface area contributed by atoms with Crippen LogP contribution in [0.5, 0.6) is 5.88 Å². The van der Waals surface area contributed by atoms with E-state index in [0.717, 1.165) is 12.0 Å². The van der Waals surface area contributed by atoms with Gasteiger partial charge >= 0.3 is 0 Å². The van der Waals surface area contributed by atoms with E-state index in [9.17, 15) is 13.5 Å². The Kier molecular flexibility index (Phi) is 4.06. The lowest BCUT2D eigenvalue weighted by Gasteiger charge is -2.32. The first-order chi connectivity index (χ1) is 12.4. The summed E-state index contributed by atoms with van der Waals surface area (Å²) in [4.78, 5) is 4.45. The number of nitrogens with zero attached hydrogens (tertiary/aromatic N) is 2. The van der Waals surface area contributed by atoms with Crippen LogP contribution in [0.1, 0.15) is 30.4 Å². The van der Waals surface area contributed by atoms with E-state index in [2.05, 4.69) is 4.98 Å². The zero-order chi connectivity index (χ0) is 18.5. The van der Waals surface area contributed by atoms with Crippen molar-refractivity contribution in [3.8, 4) is 5.88 Å². The molecule has 0 amide bonds. The Hall–Kier alpha value is -1.96. The molecule has 3 atom stereocenters. The van der Waals surface area contributed by atoms with Crippen LogP contribution in [-0.2, 0) is 15.6 Å². The number of fused-ring (bicyclic) bond motifs is 2. The third kappa shape index (κ3) is 2.53. The summed E-state index contributed by atoms with van der Waals surface area (Å²) < 4.78 is 33.0. The van der Waals surface area contributed by atoms with Crippen molar-refractivity contribution in [2.45, 2.75) is 48.8 Å². The van der Waals surface area contributed by atoms with E-state index in [0.29, 0.717) is 24.3 Å². The molecule has 1 aromatic carbocycles. The molecule has 2 aromatic rings. The van der Waals surface area contributed by atoms with Crippen LogP contribution >= 0.6 is 0 Å². The summed E-state index contributed by atoms with van der Waals surface area (Å²) in [7, 11) is -2.12. The van der Waals surface area contributed by atoms with E-state index in [-0.39, 0.29) is 10.9 Å². The SMILES string of the molecule is COc1ccc([C@@]2(O)C[C@@H]3CC[C@H]2N3S(=O)(=O)c2ccc(C)cc2)cn1. The molecule has 6 nitrogen and oxygen atoms in total. The van der Waals surface area contributed by atoms with Gasteiger partial charge in [-0.1, -0.05) is 17.7 Å². The maximum atomic E-state index is 13.2. The van der Waals surface area contributed by atoms with Crippen LogP contribution in [-0.4, -0.2) is 42.0 Å². The number of rotatable bonds is 4. The first-order valence-corrected chi connectivity index (χ1v) is 10.1. The Bertz CT molecular complexity index is 912. The molecule has 0 radical (unpaired) electrons. The van der Waals surface area contributed by atoms with E-state index in [1.165, 1.54) is 11.4 Å². The number of aliphatic hydroxyl groups is 1. The van der Waals surface area contributed by atoms with Crippen LogP contribution in [0, 0.1) is 6.92 Å². The average molecular weight is 374 g/mol. The highest BCUT2D eigenvalue weighted by Gasteiger charge is 2.60. The minimum Gasteiger partial charge on any atom is -0.481 e. The van der Waals surface area contributed by atoms with Crippen molar-refractivity contribution in [1.29, 1.82) is 0 Å². The number of hydrogen-bond acceptors (Lipinski definition) is 5. The minimum atomic E-state index is -3.65. The van der Waals surface area contributed by atoms with E-state index in [1.54, 1.807) is 42.6 Å². The number of hydrogen-bond donors (Lipinski definition) is 1. The van der Waals surface area contributed by atoms with Crippen molar-refractivity contribution in [1.82, 2.24) is 9.29 Å². The fraction of sp³-hybridized carbons (Fsp3) is 0.421. The first kappa shape index (κ1) is 17.5. The van der Waals surface area contributed by atoms with E-state index in [1.807, 2.05) is 6.92 Å². The number of benzene rings is 1. The van der Waals surface area contributed by atoms with Gasteiger partial charge in [0.1, 0.15) is 5.60 Å². The summed E-state index contributed by atoms with van der Waals surface area (Å²) in [5.41, 5.74) is 0.420. The molecule has 0 aliphatic carbocycles. The minimum absolute atomic E-state index is 0.196. The van der Waals surface area contributed by atoms with Gasteiger partial charge in [-0.25, -0.2) is 13.4 Å². The van der Waals surface area contributed by atoms with Crippen molar-refractivity contribution in [3.63, 3.8) is 0 Å². The zero-order valence-electron chi connectivity index (χ0n) is 14.8. The molecule has 2 saturated heterocycles. The second-order valence-electron chi connectivity index (χ2n) is 7.11. The van der Waals surface area contributed by atoms with Crippen molar-refractivity contribution in [2.75, 3.05) is 7.11 Å². The van der Waals surface area contributed by atoms with Gasteiger partial charge in [0.15, 0.2) is 0 Å². The molecule has 26 heavy (non-hydrogen) atoms. The molecule has 4 rings (SSSR count). The summed E-state index contributed by atoms with van der Waals surface area (Å²) in [6, 6.07) is 9.65. The highest BCUT2D eigenvalue weighted by atomic mass is 32.2. The number of sulfonamides is 1. The number of pyridine rings is 1. The monoisotopic (exact) mass is 374 g/mol. The molecule has 1 aromatic heterocycles. The van der Waals surface area contributed by atoms with E-state index < -0.39 is 21.7 Å². The van der Waals surface area contributed by atoms with Crippen LogP contribution in [0.25, 0.3) is 0 Å². The molecule has 0 spiro atoms. The normalized spacial score (nSPS) is 28.4. The molecule has 2 bridgehead atoms. The molecule has 0 saturated carbocycles. The topological polar surface area (TPSA) is 79.7 Å². The lowest BCUT2D eigenvalue weighted by Crippen LogP contribution is -2.43. The van der Waals surface area contributed by atoms with Crippen molar-refractivity contribution in [2.24, 2.45) is 0 Å². The Morgan fingerprint density at radius 2 is 1.92 bits per heavy atom. The standard InChI is InChI=1S/C19H22N2O4S/c1-13-3-7-16(8-4-13)26(23,24)21-15-6-9-17(21)19(22,11-15)14-5-10-18(25-2)20-12-14/h3-5,7-8,10,12,15,17,22H,6,9,11H2,1-2H3/t15-,17+,19-/m0/s1. The predicted octanol–water partition coefficient (Wildman–Crippen LogP) is 2.21. The lowest BCUT2D eigenvalue weighted by atomic mass is 9.80. The van der Waals surface area contributed by atoms with Gasteiger partial charge in [-0.3, -0.25) is 0 Å². The molecule has 2 fully saturated rings. The number of methoxy groups -OCH3 is 1. The molecule has 2 aliphatic rings. The van der Waals surface area contributed by atoms with E-state index in [4.69, 9.17) is 4.74 Å². The van der Waals surface area contributed by atoms with Gasteiger partial charge in [0.25, 0.3) is 0 Å². The third-order valence-corrected chi connectivity index (χ3v) is 7.56. The fourth-order valence-electron chi connectivity index (χ4n) is 4.26. The highest BCUT2D eigenvalue weighted by Crippen LogP contribution is 2.51. The first-order valence-electron chi connectivity index (χ1n) is 8.69. The largest absolute Gasteiger partial charge is 0.481 e. The van der Waals surface area contributed by atoms with Crippen LogP contribution in [0.2, 0.25) is 0 Å². The van der Waals surface area contributed by atoms with Gasteiger partial charge in [0.2, 0.25) is 15.9 Å². The van der Waals surface area contributed by atoms with Crippen molar-refractivity contribution in [3.05, 3.63) is 53.7 Å². The van der Waals surface area contributed by atoms with Crippen molar-refractivity contribution >= 4 is 10.0 Å². The quantitative estimate of drug-likeness (QED) is 0.888. The maximum Gasteiger partial charge on any atom is 0.243 e. The van der Waals surface area contributed by atoms with Gasteiger partial charge in [-0.05, 0) is 44.4 Å². The number of aryl methyl sites for hydroxylation is 1. The summed E-state index contributed by atoms with van der Waals surface area (Å²) >= 11 is 0. The van der Waals surface area contributed by atoms with Crippen LogP contribution in [0.3, 0.4) is 0 Å². The van der Waals surface area contributed by atoms with Crippen LogP contribution in [0.4, 0.5) is 0 Å². The van der Waals surface area contributed by atoms with Crippen LogP contribution in [0.15, 0.2) is 47.5 Å². The molecule has 2 aliphatic heterocycles. The lowest BCUT2D eigenvalue weighted by molar-refractivity contribution is 0.00480. The second-order valence-corrected chi connectivity index (χ2v) is 8.96. The summed E-state index contributed by atoms with van der Waals surface area (Å²) in [6.45, 7) is 1.92. The van der Waals surface area contributed by atoms with Gasteiger partial charge in [-0.15, -0.1) is 0 Å². The smallest absolute Gasteiger partial charge is 0.243 e. The Morgan fingerprint density at radius 1 is 1.19 bits per heavy atom. The summed E-state index contributed by atoms with van der Waals surface area (Å²) in [5, 5.41) is 11.4. The Balaban J connectivity index is 1.70. The van der Waals surface area contributed by atoms with Gasteiger partial charge in [0.05, 0.1) is 18.0 Å². The molecule has 3 heterocycles. The summed E-state index contributed by atoms with van der Waals surface area (Å²) in [5.74, 6) is 0.463. The van der Waals surface area contributed by atoms with E-state index >= 15 is 0 Å². The third-order valence-electron chi connectivity index (χ3n) is 5.58. The molecule has 1 N–H and O–H groups in total. The van der Waals surface area contributed by atoms with Gasteiger partial charge in [-0.2, -0.15) is 4.31 Å². The molecule has 0 unspecified atom stereocenters. The highest BCUT2D eigenvalue weighted by molar-refractivity contribution is 7.89. The molecular formula is C19H22N2O4S. The van der Waals surface area contributed by atoms with Gasteiger partial charge < -0.3 is 9.84 Å². The zero-order valence-corrected chi connectivity index (χ0v) is 15.6. The van der Waals surface area contributed by atoms with Crippen LogP contribution < -0.4 is 4.74 Å². The Labute approximate surface area is 153 Å². The fourth-order valence-corrected chi connectivity index (χ4v) is 6.17. The predicted molar refractivity (Wildman–Crippen MR) is 96.3 cm³/mol. The van der Waals surface area contributed by atoms with Gasteiger partial charge in [0, 0.05) is 23.9 Å². The summed E-state index contributed by atoms with van der Waals surface area (Å²) in [6.07, 6.45) is 3.37. The molecule has 138 valence electrons. The molecular weight excluding hydrogens is 352 g/mol. The average Bonchev–Trinajstić information content (AvgIpc) is 3.19.